The molecule has 254 valence electrons. The van der Waals surface area contributed by atoms with Crippen molar-refractivity contribution < 1.29 is 32.1 Å². The fourth-order valence-electron chi connectivity index (χ4n) is 4.43. The fraction of sp³-hybridized carbons (Fsp3) is 0.778. The summed E-state index contributed by atoms with van der Waals surface area (Å²) in [6, 6.07) is 0.0189. The molecule has 3 N–H and O–H groups in total. The smallest absolute Gasteiger partial charge is 0.371 e. The van der Waals surface area contributed by atoms with Gasteiger partial charge in [-0.2, -0.15) is 0 Å². The lowest BCUT2D eigenvalue weighted by Gasteiger charge is -2.38. The van der Waals surface area contributed by atoms with Crippen molar-refractivity contribution in [3.05, 3.63) is 55.4 Å². The molecule has 1 aliphatic rings. The summed E-state index contributed by atoms with van der Waals surface area (Å²) in [5.41, 5.74) is 4.68. The van der Waals surface area contributed by atoms with Gasteiger partial charge in [0.05, 0.1) is 12.7 Å². The van der Waals surface area contributed by atoms with Gasteiger partial charge in [0, 0.05) is 42.7 Å². The Morgan fingerprint density at radius 1 is 1.11 bits per heavy atom. The summed E-state index contributed by atoms with van der Waals surface area (Å²) >= 11 is 0.878. The number of hydrogen-bond donors (Lipinski definition) is 2. The predicted molar refractivity (Wildman–Crippen MR) is 174 cm³/mol. The van der Waals surface area contributed by atoms with Crippen LogP contribution in [0.2, 0.25) is 0 Å². The Morgan fingerprint density at radius 3 is 2.36 bits per heavy atom. The molecule has 45 heavy (non-hydrogen) atoms. The Labute approximate surface area is 270 Å². The first kappa shape index (κ1) is 39.5. The molecule has 18 heteroatoms. The van der Waals surface area contributed by atoms with Crippen molar-refractivity contribution in [1.29, 1.82) is 0 Å². The van der Waals surface area contributed by atoms with E-state index in [9.17, 15) is 14.2 Å². The third kappa shape index (κ3) is 11.8. The highest BCUT2D eigenvalue weighted by molar-refractivity contribution is 8.55. The molecule has 1 aliphatic heterocycles. The number of nitrogens with two attached hydrogens (primary N) is 1. The number of nitrogens with one attached hydrogen (secondary N) is 1. The highest BCUT2D eigenvalue weighted by Crippen LogP contribution is 2.61. The van der Waals surface area contributed by atoms with Crippen molar-refractivity contribution in [2.75, 3.05) is 51.8 Å². The topological polar surface area (TPSA) is 165 Å². The molecule has 6 atom stereocenters. The van der Waals surface area contributed by atoms with Gasteiger partial charge in [-0.25, -0.2) is 27.2 Å². The molecule has 0 spiro atoms. The molecule has 1 fully saturated rings. The van der Waals surface area contributed by atoms with Gasteiger partial charge in [0.15, 0.2) is 6.23 Å². The molecule has 0 aromatic carbocycles. The maximum atomic E-state index is 13.6. The van der Waals surface area contributed by atoms with Gasteiger partial charge < -0.3 is 33.9 Å². The Hall–Kier alpha value is -1.65. The lowest BCUT2D eigenvalue weighted by atomic mass is 10.1. The lowest BCUT2D eigenvalue weighted by molar-refractivity contribution is -0.0679. The second-order valence-corrected chi connectivity index (χ2v) is 16.1. The van der Waals surface area contributed by atoms with Crippen LogP contribution < -0.4 is 17.0 Å². The van der Waals surface area contributed by atoms with E-state index in [-0.39, 0.29) is 57.3 Å². The molecule has 0 amide bonds. The average molecular weight is 693 g/mol. The highest BCUT2D eigenvalue weighted by atomic mass is 32.7. The number of aryl methyl sites for hydroxylation is 1. The summed E-state index contributed by atoms with van der Waals surface area (Å²) in [6.07, 6.45) is -1.47. The molecular weight excluding hydrogens is 646 g/mol. The number of ether oxygens (including phenoxy) is 2. The van der Waals surface area contributed by atoms with E-state index in [4.69, 9.17) is 46.4 Å². The quantitative estimate of drug-likeness (QED) is 0.108. The third-order valence-corrected chi connectivity index (χ3v) is 12.2. The zero-order chi connectivity index (χ0) is 33.6. The minimum atomic E-state index is -3.78. The monoisotopic (exact) mass is 692 g/mol. The molecule has 0 radical (unpaired) electrons. The molecule has 1 saturated heterocycles. The highest BCUT2D eigenvalue weighted by Gasteiger charge is 2.50. The largest absolute Gasteiger partial charge is 0.389 e. The van der Waals surface area contributed by atoms with Crippen LogP contribution in [0.25, 0.3) is 9.69 Å². The molecule has 1 aromatic heterocycles. The Balaban J connectivity index is 2.59. The first-order chi connectivity index (χ1) is 21.4. The van der Waals surface area contributed by atoms with Crippen LogP contribution in [-0.2, 0) is 32.1 Å². The van der Waals surface area contributed by atoms with Crippen LogP contribution in [0, 0.1) is 20.1 Å². The minimum Gasteiger partial charge on any atom is -0.371 e. The van der Waals surface area contributed by atoms with Gasteiger partial charge in [-0.1, -0.05) is 6.92 Å². The van der Waals surface area contributed by atoms with Gasteiger partial charge in [0.2, 0.25) is 13.1 Å². The SMILES string of the molecule is [C-]#[N+]CCOP(O[C@H]1[C@@H](OCCC)[C@H](n2cc(C)c(=O)[nH]c2=O)O[C@@H]1CSP(=O)(OCCN)OCC[N+]#[C-])N(C(C)C)C(C)C. The summed E-state index contributed by atoms with van der Waals surface area (Å²) in [6.45, 7) is 22.6. The van der Waals surface area contributed by atoms with Crippen molar-refractivity contribution >= 4 is 26.7 Å². The van der Waals surface area contributed by atoms with Crippen LogP contribution in [0.5, 0.6) is 0 Å². The van der Waals surface area contributed by atoms with Crippen LogP contribution in [-0.4, -0.2) is 96.4 Å². The van der Waals surface area contributed by atoms with E-state index in [0.717, 1.165) is 11.4 Å². The number of hydrogen-bond acceptors (Lipinski definition) is 12. The molecule has 1 aromatic rings. The second-order valence-electron chi connectivity index (χ2n) is 10.5. The summed E-state index contributed by atoms with van der Waals surface area (Å²) < 4.78 is 53.6. The van der Waals surface area contributed by atoms with E-state index < -0.39 is 51.1 Å². The average Bonchev–Trinajstić information content (AvgIpc) is 3.32. The van der Waals surface area contributed by atoms with Gasteiger partial charge in [-0.3, -0.25) is 23.4 Å². The first-order valence-electron chi connectivity index (χ1n) is 14.8. The van der Waals surface area contributed by atoms with Crippen LogP contribution in [0.3, 0.4) is 0 Å². The van der Waals surface area contributed by atoms with Gasteiger partial charge in [0.1, 0.15) is 25.4 Å². The van der Waals surface area contributed by atoms with Gasteiger partial charge >= 0.3 is 12.5 Å². The van der Waals surface area contributed by atoms with E-state index in [1.807, 2.05) is 34.6 Å². The number of aromatic nitrogens is 2. The number of H-pyrrole nitrogens is 1. The molecule has 0 saturated carbocycles. The Morgan fingerprint density at radius 2 is 1.76 bits per heavy atom. The standard InChI is InChI=1S/C27H46N6O9P2S/c1-9-13-37-24-23(42-43(38-15-11-29-7)33(19(2)3)20(4)5)22(18-45-44(36,39-14-10-28)40-16-12-30-8)41-26(24)32-17-21(6)25(34)31-27(32)35/h17,19-20,22-24,26H,9-16,18,28H2,1-6H3,(H,31,34,35)/t22-,23-,24-,26-,43?,44?/m1/s1. The van der Waals surface area contributed by atoms with Crippen LogP contribution in [0.1, 0.15) is 52.8 Å². The number of nitrogens with zero attached hydrogens (tertiary/aromatic N) is 4. The van der Waals surface area contributed by atoms with E-state index >= 15 is 0 Å². The maximum Gasteiger partial charge on any atom is 0.389 e. The Bertz CT molecular complexity index is 1290. The van der Waals surface area contributed by atoms with Crippen molar-refractivity contribution in [3.8, 4) is 0 Å². The number of aromatic amines is 1. The molecular formula is C27H46N6O9P2S. The van der Waals surface area contributed by atoms with Crippen LogP contribution in [0.4, 0.5) is 0 Å². The first-order valence-corrected chi connectivity index (χ1v) is 19.1. The summed E-state index contributed by atoms with van der Waals surface area (Å²) in [5, 5.41) is 0. The van der Waals surface area contributed by atoms with Gasteiger partial charge in [-0.15, -0.1) is 0 Å². The summed E-state index contributed by atoms with van der Waals surface area (Å²) in [5.74, 6) is 0.0265. The minimum absolute atomic E-state index is 0.00183. The van der Waals surface area contributed by atoms with Crippen molar-refractivity contribution in [1.82, 2.24) is 14.2 Å². The summed E-state index contributed by atoms with van der Waals surface area (Å²) in [7, 11) is -1.77. The summed E-state index contributed by atoms with van der Waals surface area (Å²) in [4.78, 5) is 34.2. The third-order valence-electron chi connectivity index (χ3n) is 6.30. The number of rotatable bonds is 21. The van der Waals surface area contributed by atoms with Gasteiger partial charge in [0.25, 0.3) is 14.1 Å². The predicted octanol–water partition coefficient (Wildman–Crippen LogP) is 3.96. The van der Waals surface area contributed by atoms with Crippen molar-refractivity contribution in [2.24, 2.45) is 5.73 Å². The normalized spacial score (nSPS) is 22.0. The fourth-order valence-corrected chi connectivity index (χ4v) is 9.53. The molecule has 0 bridgehead atoms. The van der Waals surface area contributed by atoms with E-state index in [1.165, 1.54) is 10.8 Å². The van der Waals surface area contributed by atoms with Crippen molar-refractivity contribution in [2.45, 2.75) is 84.6 Å². The molecule has 2 unspecified atom stereocenters. The van der Waals surface area contributed by atoms with Crippen LogP contribution >= 0.6 is 26.7 Å². The van der Waals surface area contributed by atoms with E-state index in [2.05, 4.69) is 19.3 Å². The molecule has 2 heterocycles. The molecule has 0 aliphatic carbocycles. The zero-order valence-corrected chi connectivity index (χ0v) is 29.4. The Kier molecular flexibility index (Phi) is 17.5. The van der Waals surface area contributed by atoms with E-state index in [0.29, 0.717) is 18.6 Å². The van der Waals surface area contributed by atoms with Crippen LogP contribution in [0.15, 0.2) is 15.8 Å². The molecule has 15 nitrogen and oxygen atoms in total. The molecule has 2 rings (SSSR count). The zero-order valence-electron chi connectivity index (χ0n) is 26.7. The second kappa shape index (κ2) is 19.9. The van der Waals surface area contributed by atoms with Crippen molar-refractivity contribution in [3.63, 3.8) is 0 Å². The van der Waals surface area contributed by atoms with Gasteiger partial charge in [-0.05, 0) is 52.4 Å². The lowest BCUT2D eigenvalue weighted by Crippen LogP contribution is -2.42. The maximum absolute atomic E-state index is 13.6. The van der Waals surface area contributed by atoms with E-state index in [1.54, 1.807) is 6.92 Å².